The molecule has 0 spiro atoms. The quantitative estimate of drug-likeness (QED) is 0.281. The van der Waals surface area contributed by atoms with Crippen LogP contribution in [0.4, 0.5) is 0 Å². The molecule has 16 heavy (non-hydrogen) atoms. The molecule has 0 amide bonds. The maximum Gasteiger partial charge on any atom is 0.327 e. The normalized spacial score (nSPS) is 15.3. The van der Waals surface area contributed by atoms with E-state index in [1.165, 1.54) is 13.8 Å². The smallest absolute Gasteiger partial charge is 0.312 e. The van der Waals surface area contributed by atoms with E-state index < -0.39 is 17.7 Å². The minimum Gasteiger partial charge on any atom is -0.312 e. The van der Waals surface area contributed by atoms with Gasteiger partial charge in [0.15, 0.2) is 0 Å². The van der Waals surface area contributed by atoms with Gasteiger partial charge in [0.05, 0.1) is 12.4 Å². The van der Waals surface area contributed by atoms with E-state index in [9.17, 15) is 13.0 Å². The maximum absolute atomic E-state index is 11.2. The molecule has 0 heterocycles. The molecule has 0 aliphatic carbocycles. The lowest BCUT2D eigenvalue weighted by molar-refractivity contribution is 0.238. The molecule has 0 bridgehead atoms. The zero-order valence-corrected chi connectivity index (χ0v) is 10.9. The van der Waals surface area contributed by atoms with E-state index in [0.717, 1.165) is 0 Å². The molecule has 0 fully saturated rings. The summed E-state index contributed by atoms with van der Waals surface area (Å²) in [5.74, 6) is 1.81. The van der Waals surface area contributed by atoms with Crippen molar-refractivity contribution in [3.63, 3.8) is 0 Å². The molecule has 94 valence electrons. The SMILES string of the molecule is C#CCOS(=O)(=O)CCCOP(C)(=O)OC. The van der Waals surface area contributed by atoms with Crippen molar-refractivity contribution in [2.24, 2.45) is 0 Å². The van der Waals surface area contributed by atoms with Crippen LogP contribution in [0.25, 0.3) is 0 Å². The van der Waals surface area contributed by atoms with Gasteiger partial charge in [-0.3, -0.25) is 8.75 Å². The van der Waals surface area contributed by atoms with Gasteiger partial charge in [-0.05, 0) is 6.42 Å². The molecule has 0 aromatic carbocycles. The van der Waals surface area contributed by atoms with Gasteiger partial charge in [-0.25, -0.2) is 0 Å². The molecular formula is C8H15O6PS. The highest BCUT2D eigenvalue weighted by atomic mass is 32.2. The van der Waals surface area contributed by atoms with Crippen molar-refractivity contribution in [1.29, 1.82) is 0 Å². The summed E-state index contributed by atoms with van der Waals surface area (Å²) in [6.07, 6.45) is 5.01. The van der Waals surface area contributed by atoms with Crippen LogP contribution in [0.15, 0.2) is 0 Å². The highest BCUT2D eigenvalue weighted by Gasteiger charge is 2.15. The lowest BCUT2D eigenvalue weighted by atomic mass is 10.5. The fraction of sp³-hybridized carbons (Fsp3) is 0.750. The first-order valence-corrected chi connectivity index (χ1v) is 7.98. The lowest BCUT2D eigenvalue weighted by Crippen LogP contribution is -2.12. The van der Waals surface area contributed by atoms with E-state index in [2.05, 4.69) is 14.6 Å². The molecule has 0 saturated carbocycles. The van der Waals surface area contributed by atoms with Gasteiger partial charge in [0, 0.05) is 13.8 Å². The Balaban J connectivity index is 3.83. The van der Waals surface area contributed by atoms with Crippen LogP contribution < -0.4 is 0 Å². The van der Waals surface area contributed by atoms with E-state index >= 15 is 0 Å². The largest absolute Gasteiger partial charge is 0.327 e. The van der Waals surface area contributed by atoms with E-state index in [1.807, 2.05) is 0 Å². The van der Waals surface area contributed by atoms with Crippen molar-refractivity contribution in [2.45, 2.75) is 6.42 Å². The molecular weight excluding hydrogens is 255 g/mol. The monoisotopic (exact) mass is 270 g/mol. The van der Waals surface area contributed by atoms with Gasteiger partial charge in [0.1, 0.15) is 6.61 Å². The van der Waals surface area contributed by atoms with Crippen LogP contribution in [-0.4, -0.2) is 41.2 Å². The summed E-state index contributed by atoms with van der Waals surface area (Å²) >= 11 is 0. The Morgan fingerprint density at radius 2 is 2.06 bits per heavy atom. The van der Waals surface area contributed by atoms with Gasteiger partial charge in [0.2, 0.25) is 0 Å². The molecule has 0 aliphatic heterocycles. The van der Waals surface area contributed by atoms with Crippen LogP contribution in [0.2, 0.25) is 0 Å². The minimum atomic E-state index is -3.62. The second kappa shape index (κ2) is 7.05. The third kappa shape index (κ3) is 7.85. The molecule has 6 nitrogen and oxygen atoms in total. The van der Waals surface area contributed by atoms with E-state index in [1.54, 1.807) is 0 Å². The molecule has 8 heteroatoms. The van der Waals surface area contributed by atoms with Crippen LogP contribution >= 0.6 is 7.60 Å². The predicted molar refractivity (Wildman–Crippen MR) is 59.7 cm³/mol. The Bertz CT molecular complexity index is 382. The van der Waals surface area contributed by atoms with E-state index in [-0.39, 0.29) is 25.4 Å². The van der Waals surface area contributed by atoms with Gasteiger partial charge in [-0.1, -0.05) is 5.92 Å². The summed E-state index contributed by atoms with van der Waals surface area (Å²) in [6.45, 7) is 1.03. The van der Waals surface area contributed by atoms with Crippen LogP contribution in [0.3, 0.4) is 0 Å². The fourth-order valence-electron chi connectivity index (χ4n) is 0.702. The Morgan fingerprint density at radius 1 is 1.44 bits per heavy atom. The van der Waals surface area contributed by atoms with Gasteiger partial charge in [-0.2, -0.15) is 8.42 Å². The van der Waals surface area contributed by atoms with Gasteiger partial charge in [-0.15, -0.1) is 6.42 Å². The standard InChI is InChI=1S/C8H15O6PS/c1-4-6-14-16(10,11)8-5-7-13-15(3,9)12-2/h1H,5-8H2,2-3H3. The molecule has 0 saturated heterocycles. The molecule has 0 aromatic heterocycles. The summed E-state index contributed by atoms with van der Waals surface area (Å²) in [7, 11) is -5.41. The zero-order chi connectivity index (χ0) is 12.7. The molecule has 0 aliphatic rings. The Kier molecular flexibility index (Phi) is 6.88. The lowest BCUT2D eigenvalue weighted by Gasteiger charge is -2.10. The van der Waals surface area contributed by atoms with Crippen molar-refractivity contribution in [2.75, 3.05) is 32.7 Å². The highest BCUT2D eigenvalue weighted by Crippen LogP contribution is 2.42. The summed E-state index contributed by atoms with van der Waals surface area (Å²) in [4.78, 5) is 0. The van der Waals surface area contributed by atoms with Gasteiger partial charge < -0.3 is 9.05 Å². The maximum atomic E-state index is 11.2. The van der Waals surface area contributed by atoms with E-state index in [4.69, 9.17) is 10.9 Å². The molecule has 0 rings (SSSR count). The number of terminal acetylenes is 1. The first-order valence-electron chi connectivity index (χ1n) is 4.41. The van der Waals surface area contributed by atoms with Crippen LogP contribution in [-0.2, 0) is 27.9 Å². The van der Waals surface area contributed by atoms with Crippen LogP contribution in [0.5, 0.6) is 0 Å². The minimum absolute atomic E-state index is 0.0141. The van der Waals surface area contributed by atoms with Crippen molar-refractivity contribution in [3.8, 4) is 12.3 Å². The average Bonchev–Trinajstić information content (AvgIpc) is 2.22. The van der Waals surface area contributed by atoms with Crippen LogP contribution in [0.1, 0.15) is 6.42 Å². The highest BCUT2D eigenvalue weighted by molar-refractivity contribution is 7.86. The van der Waals surface area contributed by atoms with Crippen molar-refractivity contribution >= 4 is 17.7 Å². The molecule has 0 N–H and O–H groups in total. The predicted octanol–water partition coefficient (Wildman–Crippen LogP) is 0.842. The molecule has 0 aromatic rings. The summed E-state index contributed by atoms with van der Waals surface area (Å²) in [6, 6.07) is 0. The van der Waals surface area contributed by atoms with Crippen molar-refractivity contribution in [1.82, 2.24) is 0 Å². The third-order valence-electron chi connectivity index (χ3n) is 1.52. The average molecular weight is 270 g/mol. The summed E-state index contributed by atoms with van der Waals surface area (Å²) in [5.41, 5.74) is 0. The fourth-order valence-corrected chi connectivity index (χ4v) is 2.10. The first-order chi connectivity index (χ1) is 7.33. The zero-order valence-electron chi connectivity index (χ0n) is 9.21. The first kappa shape index (κ1) is 15.6. The van der Waals surface area contributed by atoms with E-state index in [0.29, 0.717) is 0 Å². The van der Waals surface area contributed by atoms with Crippen LogP contribution in [0, 0.1) is 12.3 Å². The Labute approximate surface area is 95.9 Å². The van der Waals surface area contributed by atoms with Gasteiger partial charge >= 0.3 is 7.60 Å². The number of hydrogen-bond donors (Lipinski definition) is 0. The van der Waals surface area contributed by atoms with Gasteiger partial charge in [0.25, 0.3) is 10.1 Å². The Morgan fingerprint density at radius 3 is 2.56 bits per heavy atom. The van der Waals surface area contributed by atoms with Crippen molar-refractivity contribution in [3.05, 3.63) is 0 Å². The summed E-state index contributed by atoms with van der Waals surface area (Å²) in [5, 5.41) is 0. The Hall–Kier alpha value is -0.380. The second-order valence-electron chi connectivity index (χ2n) is 2.87. The van der Waals surface area contributed by atoms with Crippen molar-refractivity contribution < 1.29 is 26.2 Å². The molecule has 1 atom stereocenters. The number of rotatable bonds is 8. The third-order valence-corrected chi connectivity index (χ3v) is 4.10. The molecule has 1 unspecified atom stereocenters. The molecule has 0 radical (unpaired) electrons. The summed E-state index contributed by atoms with van der Waals surface area (Å²) < 4.78 is 47.3. The second-order valence-corrected chi connectivity index (χ2v) is 6.79. The topological polar surface area (TPSA) is 78.9 Å². The number of hydrogen-bond acceptors (Lipinski definition) is 6.